The Morgan fingerprint density at radius 3 is 2.86 bits per heavy atom. The lowest BCUT2D eigenvalue weighted by Crippen LogP contribution is -2.22. The number of hydrogen-bond acceptors (Lipinski definition) is 5. The van der Waals surface area contributed by atoms with Gasteiger partial charge in [0, 0.05) is 6.20 Å². The second-order valence-electron chi connectivity index (χ2n) is 5.62. The van der Waals surface area contributed by atoms with Crippen LogP contribution in [0.3, 0.4) is 0 Å². The lowest BCUT2D eigenvalue weighted by molar-refractivity contribution is 0.122. The lowest BCUT2D eigenvalue weighted by atomic mass is 9.79. The van der Waals surface area contributed by atoms with Gasteiger partial charge in [0.2, 0.25) is 0 Å². The van der Waals surface area contributed by atoms with Gasteiger partial charge < -0.3 is 16.2 Å². The van der Waals surface area contributed by atoms with E-state index in [9.17, 15) is 4.79 Å². The quantitative estimate of drug-likeness (QED) is 0.797. The molecule has 1 aliphatic carbocycles. The number of amides is 1. The van der Waals surface area contributed by atoms with Gasteiger partial charge in [0.25, 0.3) is 0 Å². The molecular formula is C14H19N5O2. The van der Waals surface area contributed by atoms with E-state index in [0.29, 0.717) is 29.9 Å². The number of primary amides is 1. The summed E-state index contributed by atoms with van der Waals surface area (Å²) in [6, 6.07) is 2.08. The highest BCUT2D eigenvalue weighted by molar-refractivity contribution is 5.86. The Morgan fingerprint density at radius 2 is 2.14 bits per heavy atom. The first-order valence-corrected chi connectivity index (χ1v) is 7.15. The van der Waals surface area contributed by atoms with Crippen LogP contribution in [-0.2, 0) is 4.74 Å². The molecule has 1 fully saturated rings. The van der Waals surface area contributed by atoms with Crippen molar-refractivity contribution < 1.29 is 9.53 Å². The van der Waals surface area contributed by atoms with Gasteiger partial charge in [-0.2, -0.15) is 5.10 Å². The van der Waals surface area contributed by atoms with Gasteiger partial charge in [-0.25, -0.2) is 9.78 Å². The SMILES string of the molecule is NC(=O)OCC1CCC(c2cnc3n[nH]c(N)c3c2)CC1. The van der Waals surface area contributed by atoms with Crippen molar-refractivity contribution in [2.45, 2.75) is 31.6 Å². The van der Waals surface area contributed by atoms with E-state index in [2.05, 4.69) is 21.2 Å². The molecule has 5 N–H and O–H groups in total. The predicted octanol–water partition coefficient (Wildman–Crippen LogP) is 1.91. The van der Waals surface area contributed by atoms with Gasteiger partial charge in [0.05, 0.1) is 12.0 Å². The molecule has 2 aromatic heterocycles. The summed E-state index contributed by atoms with van der Waals surface area (Å²) >= 11 is 0. The molecule has 2 aromatic rings. The zero-order valence-electron chi connectivity index (χ0n) is 11.7. The molecule has 0 radical (unpaired) electrons. The molecular weight excluding hydrogens is 270 g/mol. The molecule has 1 amide bonds. The van der Waals surface area contributed by atoms with Crippen LogP contribution in [0.15, 0.2) is 12.3 Å². The van der Waals surface area contributed by atoms with Gasteiger partial charge in [-0.3, -0.25) is 5.10 Å². The minimum absolute atomic E-state index is 0.407. The molecule has 2 heterocycles. The summed E-state index contributed by atoms with van der Waals surface area (Å²) in [5, 5.41) is 7.66. The summed E-state index contributed by atoms with van der Waals surface area (Å²) in [5.74, 6) is 1.44. The number of hydrogen-bond donors (Lipinski definition) is 3. The molecule has 1 aliphatic rings. The van der Waals surface area contributed by atoms with Crippen molar-refractivity contribution in [3.05, 3.63) is 17.8 Å². The van der Waals surface area contributed by atoms with Gasteiger partial charge in [0.15, 0.2) is 5.65 Å². The zero-order chi connectivity index (χ0) is 14.8. The van der Waals surface area contributed by atoms with E-state index >= 15 is 0 Å². The number of H-pyrrole nitrogens is 1. The Labute approximate surface area is 122 Å². The minimum atomic E-state index is -0.692. The van der Waals surface area contributed by atoms with Crippen LogP contribution in [0, 0.1) is 5.92 Å². The third-order valence-electron chi connectivity index (χ3n) is 4.24. The molecule has 3 rings (SSSR count). The molecule has 21 heavy (non-hydrogen) atoms. The number of nitrogens with two attached hydrogens (primary N) is 2. The minimum Gasteiger partial charge on any atom is -0.449 e. The van der Waals surface area contributed by atoms with Crippen molar-refractivity contribution in [2.75, 3.05) is 12.3 Å². The van der Waals surface area contributed by atoms with Crippen LogP contribution >= 0.6 is 0 Å². The second kappa shape index (κ2) is 5.59. The Kier molecular flexibility index (Phi) is 3.64. The van der Waals surface area contributed by atoms with Gasteiger partial charge in [0.1, 0.15) is 5.82 Å². The largest absolute Gasteiger partial charge is 0.449 e. The summed E-state index contributed by atoms with van der Waals surface area (Å²) in [7, 11) is 0. The summed E-state index contributed by atoms with van der Waals surface area (Å²) in [5.41, 5.74) is 12.7. The smallest absolute Gasteiger partial charge is 0.404 e. The van der Waals surface area contributed by atoms with Crippen LogP contribution in [0.2, 0.25) is 0 Å². The molecule has 1 saturated carbocycles. The summed E-state index contributed by atoms with van der Waals surface area (Å²) in [6.07, 6.45) is 5.35. The van der Waals surface area contributed by atoms with Crippen LogP contribution in [0.1, 0.15) is 37.2 Å². The molecule has 0 bridgehead atoms. The number of anilines is 1. The zero-order valence-corrected chi connectivity index (χ0v) is 11.7. The van der Waals surface area contributed by atoms with Crippen molar-refractivity contribution in [3.63, 3.8) is 0 Å². The van der Waals surface area contributed by atoms with E-state index < -0.39 is 6.09 Å². The van der Waals surface area contributed by atoms with Crippen molar-refractivity contribution in [1.82, 2.24) is 15.2 Å². The van der Waals surface area contributed by atoms with Gasteiger partial charge in [-0.1, -0.05) is 0 Å². The molecule has 0 unspecified atom stereocenters. The third-order valence-corrected chi connectivity index (χ3v) is 4.24. The Bertz CT molecular complexity index is 646. The number of aromatic nitrogens is 3. The molecule has 112 valence electrons. The van der Waals surface area contributed by atoms with Crippen molar-refractivity contribution in [2.24, 2.45) is 11.7 Å². The number of pyridine rings is 1. The first kappa shape index (κ1) is 13.7. The second-order valence-corrected chi connectivity index (χ2v) is 5.62. The molecule has 0 spiro atoms. The van der Waals surface area contributed by atoms with E-state index in [1.807, 2.05) is 6.20 Å². The third kappa shape index (κ3) is 2.91. The molecule has 0 atom stereocenters. The summed E-state index contributed by atoms with van der Waals surface area (Å²) in [6.45, 7) is 0.425. The maximum Gasteiger partial charge on any atom is 0.404 e. The molecule has 0 aliphatic heterocycles. The monoisotopic (exact) mass is 289 g/mol. The number of fused-ring (bicyclic) bond motifs is 1. The first-order valence-electron chi connectivity index (χ1n) is 7.15. The van der Waals surface area contributed by atoms with E-state index in [4.69, 9.17) is 16.2 Å². The number of aromatic amines is 1. The number of carbonyl (C=O) groups excluding carboxylic acids is 1. The van der Waals surface area contributed by atoms with Gasteiger partial charge >= 0.3 is 6.09 Å². The number of carbonyl (C=O) groups is 1. The maximum atomic E-state index is 10.6. The Balaban J connectivity index is 1.65. The number of rotatable bonds is 3. The topological polar surface area (TPSA) is 120 Å². The standard InChI is InChI=1S/C14H19N5O2/c15-12-11-5-10(6-17-13(11)19-18-12)9-3-1-8(2-4-9)7-21-14(16)20/h5-6,8-9H,1-4,7H2,(H2,16,20)(H3,15,17,18,19). The van der Waals surface area contributed by atoms with E-state index in [1.54, 1.807) is 0 Å². The van der Waals surface area contributed by atoms with Crippen molar-refractivity contribution in [3.8, 4) is 0 Å². The number of nitrogens with one attached hydrogen (secondary N) is 1. The van der Waals surface area contributed by atoms with E-state index in [0.717, 1.165) is 31.1 Å². The number of nitrogen functional groups attached to an aromatic ring is 1. The first-order chi connectivity index (χ1) is 10.1. The van der Waals surface area contributed by atoms with Gasteiger partial charge in [-0.15, -0.1) is 0 Å². The van der Waals surface area contributed by atoms with Crippen molar-refractivity contribution >= 4 is 22.9 Å². The highest BCUT2D eigenvalue weighted by Gasteiger charge is 2.24. The van der Waals surface area contributed by atoms with Crippen molar-refractivity contribution in [1.29, 1.82) is 0 Å². The fraction of sp³-hybridized carbons (Fsp3) is 0.500. The molecule has 0 saturated heterocycles. The van der Waals surface area contributed by atoms with E-state index in [1.165, 1.54) is 5.56 Å². The lowest BCUT2D eigenvalue weighted by Gasteiger charge is -2.28. The normalized spacial score (nSPS) is 22.3. The highest BCUT2D eigenvalue weighted by atomic mass is 16.5. The van der Waals surface area contributed by atoms with Gasteiger partial charge in [-0.05, 0) is 49.1 Å². The summed E-state index contributed by atoms with van der Waals surface area (Å²) in [4.78, 5) is 15.0. The van der Waals surface area contributed by atoms with Crippen LogP contribution in [0.4, 0.5) is 10.6 Å². The number of nitrogens with zero attached hydrogens (tertiary/aromatic N) is 2. The predicted molar refractivity (Wildman–Crippen MR) is 78.5 cm³/mol. The molecule has 7 nitrogen and oxygen atoms in total. The van der Waals surface area contributed by atoms with Crippen LogP contribution in [0.25, 0.3) is 11.0 Å². The molecule has 7 heteroatoms. The van der Waals surface area contributed by atoms with Crippen LogP contribution < -0.4 is 11.5 Å². The highest BCUT2D eigenvalue weighted by Crippen LogP contribution is 2.36. The van der Waals surface area contributed by atoms with Crippen LogP contribution in [-0.4, -0.2) is 27.9 Å². The van der Waals surface area contributed by atoms with E-state index in [-0.39, 0.29) is 0 Å². The summed E-state index contributed by atoms with van der Waals surface area (Å²) < 4.78 is 4.88. The number of ether oxygens (including phenoxy) is 1. The fourth-order valence-electron chi connectivity index (χ4n) is 3.02. The average Bonchev–Trinajstić information content (AvgIpc) is 2.87. The average molecular weight is 289 g/mol. The Morgan fingerprint density at radius 1 is 1.38 bits per heavy atom. The molecule has 0 aromatic carbocycles. The fourth-order valence-corrected chi connectivity index (χ4v) is 3.02. The van der Waals surface area contributed by atoms with Crippen LogP contribution in [0.5, 0.6) is 0 Å². The maximum absolute atomic E-state index is 10.6. The Hall–Kier alpha value is -2.31.